The molecule has 0 aliphatic carbocycles. The van der Waals surface area contributed by atoms with Crippen LogP contribution in [-0.2, 0) is 24.4 Å². The van der Waals surface area contributed by atoms with Crippen LogP contribution in [0.5, 0.6) is 5.75 Å². The summed E-state index contributed by atoms with van der Waals surface area (Å²) < 4.78 is 73.0. The molecule has 184 valence electrons. The van der Waals surface area contributed by atoms with Gasteiger partial charge in [0.1, 0.15) is 12.4 Å². The van der Waals surface area contributed by atoms with E-state index in [4.69, 9.17) is 44.3 Å². The van der Waals surface area contributed by atoms with Crippen LogP contribution in [0.15, 0.2) is 24.4 Å². The summed E-state index contributed by atoms with van der Waals surface area (Å²) in [5.41, 5.74) is -5.19. The number of hydrogen-bond acceptors (Lipinski definition) is 7. The van der Waals surface area contributed by atoms with Gasteiger partial charge in [-0.2, -0.15) is 21.6 Å². The highest BCUT2D eigenvalue weighted by atomic mass is 35.6. The number of nitrogens with zero attached hydrogens (tertiary/aromatic N) is 1. The van der Waals surface area contributed by atoms with Crippen molar-refractivity contribution in [1.29, 1.82) is 0 Å². The number of benzene rings is 1. The fourth-order valence-corrected chi connectivity index (χ4v) is 3.33. The van der Waals surface area contributed by atoms with E-state index in [0.29, 0.717) is 5.56 Å². The second kappa shape index (κ2) is 10.2. The van der Waals surface area contributed by atoms with Gasteiger partial charge in [0.05, 0.1) is 18.6 Å². The number of carbonyl (C=O) groups is 2. The molecule has 15 heteroatoms. The summed E-state index contributed by atoms with van der Waals surface area (Å²) in [6.45, 7) is 2.55. The molecule has 33 heavy (non-hydrogen) atoms. The van der Waals surface area contributed by atoms with Crippen LogP contribution in [0.2, 0.25) is 0 Å². The summed E-state index contributed by atoms with van der Waals surface area (Å²) in [5, 5.41) is 0. The van der Waals surface area contributed by atoms with Gasteiger partial charge in [-0.05, 0) is 43.2 Å². The number of esters is 1. The minimum atomic E-state index is -5.95. The maximum atomic E-state index is 12.7. The first kappa shape index (κ1) is 27.4. The van der Waals surface area contributed by atoms with Gasteiger partial charge in [-0.15, -0.1) is 0 Å². The van der Waals surface area contributed by atoms with E-state index in [1.165, 1.54) is 18.3 Å². The number of alkyl halides is 6. The summed E-state index contributed by atoms with van der Waals surface area (Å²) in [4.78, 5) is 25.8. The molecule has 8 nitrogen and oxygen atoms in total. The van der Waals surface area contributed by atoms with Crippen molar-refractivity contribution in [2.24, 2.45) is 0 Å². The Morgan fingerprint density at radius 3 is 2.36 bits per heavy atom. The first-order valence-corrected chi connectivity index (χ1v) is 11.6. The summed E-state index contributed by atoms with van der Waals surface area (Å²) in [7, 11) is -5.95. The molecule has 1 aliphatic heterocycles. The molecule has 0 spiro atoms. The van der Waals surface area contributed by atoms with Crippen molar-refractivity contribution in [2.45, 2.75) is 41.7 Å². The van der Waals surface area contributed by atoms with Crippen LogP contribution in [0.3, 0.4) is 0 Å². The zero-order valence-electron chi connectivity index (χ0n) is 16.9. The monoisotopic (exact) mass is 553 g/mol. The highest BCUT2D eigenvalue weighted by Gasteiger charge is 2.48. The van der Waals surface area contributed by atoms with Crippen molar-refractivity contribution in [1.82, 2.24) is 4.90 Å². The van der Waals surface area contributed by atoms with Crippen molar-refractivity contribution in [3.63, 3.8) is 0 Å². The van der Waals surface area contributed by atoms with Crippen molar-refractivity contribution in [2.75, 3.05) is 6.61 Å². The predicted octanol–water partition coefficient (Wildman–Crippen LogP) is 5.09. The van der Waals surface area contributed by atoms with E-state index in [0.717, 1.165) is 17.0 Å². The van der Waals surface area contributed by atoms with E-state index in [9.17, 15) is 31.2 Å². The molecule has 0 N–H and O–H groups in total. The predicted molar refractivity (Wildman–Crippen MR) is 113 cm³/mol. The second-order valence-electron chi connectivity index (χ2n) is 6.93. The SMILES string of the molecule is CC(C)OC(=O)C[C@@H]1c2cc(OS(=O)(=O)C(F)(F)F)ccc2C=CN1C(=O)OCC(Cl)(Cl)Cl. The smallest absolute Gasteiger partial charge is 0.463 e. The molecule has 1 amide bonds. The van der Waals surface area contributed by atoms with Crippen LogP contribution >= 0.6 is 34.8 Å². The number of rotatable bonds is 6. The molecular weight excluding hydrogens is 538 g/mol. The lowest BCUT2D eigenvalue weighted by Gasteiger charge is -2.32. The van der Waals surface area contributed by atoms with Crippen LogP contribution in [0.4, 0.5) is 18.0 Å². The average molecular weight is 555 g/mol. The van der Waals surface area contributed by atoms with E-state index in [2.05, 4.69) is 4.18 Å². The molecule has 0 fully saturated rings. The Morgan fingerprint density at radius 1 is 1.18 bits per heavy atom. The number of hydrogen-bond donors (Lipinski definition) is 0. The summed E-state index contributed by atoms with van der Waals surface area (Å²) in [6, 6.07) is 2.06. The Bertz CT molecular complexity index is 1040. The molecule has 0 saturated carbocycles. The fourth-order valence-electron chi connectivity index (χ4n) is 2.72. The third-order valence-electron chi connectivity index (χ3n) is 3.95. The third kappa shape index (κ3) is 7.56. The average Bonchev–Trinajstić information content (AvgIpc) is 2.64. The Morgan fingerprint density at radius 2 is 1.82 bits per heavy atom. The lowest BCUT2D eigenvalue weighted by molar-refractivity contribution is -0.148. The molecule has 1 aliphatic rings. The molecule has 0 unspecified atom stereocenters. The standard InChI is InChI=1S/C18H17Cl3F3NO7S/c1-10(2)31-15(26)8-14-13-7-12(32-33(28,29)18(22,23)24)4-3-11(13)5-6-25(14)16(27)30-9-17(19,20)21/h3-7,10,14H,8-9H2,1-2H3/t14-/m1/s1. The van der Waals surface area contributed by atoms with Gasteiger partial charge in [-0.1, -0.05) is 40.9 Å². The molecule has 0 aromatic heterocycles. The fraction of sp³-hybridized carbons (Fsp3) is 0.444. The number of halogens is 6. The van der Waals surface area contributed by atoms with Gasteiger partial charge in [0.25, 0.3) is 0 Å². The second-order valence-corrected chi connectivity index (χ2v) is 11.0. The normalized spacial score (nSPS) is 16.4. The molecule has 0 radical (unpaired) electrons. The molecule has 1 aromatic carbocycles. The van der Waals surface area contributed by atoms with Gasteiger partial charge in [-0.3, -0.25) is 9.69 Å². The topological polar surface area (TPSA) is 99.2 Å². The van der Waals surface area contributed by atoms with Gasteiger partial charge in [-0.25, -0.2) is 4.79 Å². The molecular formula is C18H17Cl3F3NO7S. The molecule has 0 saturated heterocycles. The third-order valence-corrected chi connectivity index (χ3v) is 5.26. The number of amides is 1. The Kier molecular flexibility index (Phi) is 8.42. The summed E-state index contributed by atoms with van der Waals surface area (Å²) in [6.07, 6.45) is 0.655. The van der Waals surface area contributed by atoms with Crippen LogP contribution in [0.25, 0.3) is 6.08 Å². The van der Waals surface area contributed by atoms with Crippen LogP contribution in [0.1, 0.15) is 37.4 Å². The quantitative estimate of drug-likeness (QED) is 0.209. The molecule has 2 rings (SSSR count). The first-order chi connectivity index (χ1) is 15.0. The van der Waals surface area contributed by atoms with Gasteiger partial charge in [0.2, 0.25) is 3.79 Å². The molecule has 1 aromatic rings. The largest absolute Gasteiger partial charge is 0.534 e. The molecule has 1 heterocycles. The van der Waals surface area contributed by atoms with Gasteiger partial charge >= 0.3 is 27.7 Å². The van der Waals surface area contributed by atoms with E-state index < -0.39 is 62.4 Å². The van der Waals surface area contributed by atoms with Crippen LogP contribution in [0, 0.1) is 0 Å². The Balaban J connectivity index is 2.43. The Labute approximate surface area is 202 Å². The summed E-state index contributed by atoms with van der Waals surface area (Å²) in [5.74, 6) is -1.43. The maximum absolute atomic E-state index is 12.7. The zero-order valence-corrected chi connectivity index (χ0v) is 20.0. The number of fused-ring (bicyclic) bond motifs is 1. The first-order valence-electron chi connectivity index (χ1n) is 9.04. The Hall–Kier alpha value is -1.89. The van der Waals surface area contributed by atoms with Crippen molar-refractivity contribution < 1.29 is 44.8 Å². The van der Waals surface area contributed by atoms with Gasteiger partial charge in [0, 0.05) is 6.20 Å². The lowest BCUT2D eigenvalue weighted by atomic mass is 9.94. The van der Waals surface area contributed by atoms with Gasteiger partial charge in [0.15, 0.2) is 0 Å². The van der Waals surface area contributed by atoms with E-state index in [-0.39, 0.29) is 5.56 Å². The van der Waals surface area contributed by atoms with E-state index >= 15 is 0 Å². The minimum Gasteiger partial charge on any atom is -0.463 e. The lowest BCUT2D eigenvalue weighted by Crippen LogP contribution is -2.36. The van der Waals surface area contributed by atoms with Crippen LogP contribution < -0.4 is 4.18 Å². The van der Waals surface area contributed by atoms with Gasteiger partial charge < -0.3 is 13.7 Å². The minimum absolute atomic E-state index is 0.0962. The van der Waals surface area contributed by atoms with Crippen molar-refractivity contribution in [3.05, 3.63) is 35.5 Å². The van der Waals surface area contributed by atoms with E-state index in [1.807, 2.05) is 0 Å². The maximum Gasteiger partial charge on any atom is 0.534 e. The number of ether oxygens (including phenoxy) is 2. The molecule has 1 atom stereocenters. The van der Waals surface area contributed by atoms with Crippen LogP contribution in [-0.4, -0.2) is 47.4 Å². The number of carbonyl (C=O) groups excluding carboxylic acids is 2. The highest BCUT2D eigenvalue weighted by molar-refractivity contribution is 7.88. The van der Waals surface area contributed by atoms with Crippen molar-refractivity contribution in [3.8, 4) is 5.75 Å². The highest BCUT2D eigenvalue weighted by Crippen LogP contribution is 2.37. The molecule has 0 bridgehead atoms. The summed E-state index contributed by atoms with van der Waals surface area (Å²) >= 11 is 16.7. The van der Waals surface area contributed by atoms with Crippen molar-refractivity contribution >= 4 is 63.1 Å². The zero-order chi connectivity index (χ0) is 25.2. The van der Waals surface area contributed by atoms with E-state index in [1.54, 1.807) is 13.8 Å².